The number of nitrogen functional groups attached to an aromatic ring is 1. The molecule has 0 saturated carbocycles. The van der Waals surface area contributed by atoms with Crippen LogP contribution < -0.4 is 16.6 Å². The van der Waals surface area contributed by atoms with Gasteiger partial charge in [0.25, 0.3) is 11.5 Å². The average Bonchev–Trinajstić information content (AvgIpc) is 3.34. The molecule has 0 radical (unpaired) electrons. The number of rotatable bonds is 4. The Kier molecular flexibility index (Phi) is 6.79. The molecule has 10 heteroatoms. The molecular formula is C31H22BrN7O2. The second-order valence-electron chi connectivity index (χ2n) is 9.23. The molecule has 1 atom stereocenters. The van der Waals surface area contributed by atoms with Gasteiger partial charge in [-0.2, -0.15) is 0 Å². The summed E-state index contributed by atoms with van der Waals surface area (Å²) in [5, 5.41) is 8.33. The van der Waals surface area contributed by atoms with Gasteiger partial charge in [0.1, 0.15) is 5.56 Å². The van der Waals surface area contributed by atoms with Crippen LogP contribution >= 0.6 is 15.9 Å². The Bertz CT molecular complexity index is 2060. The van der Waals surface area contributed by atoms with Gasteiger partial charge in [0, 0.05) is 51.5 Å². The number of hydrogen-bond acceptors (Lipinski definition) is 6. The molecule has 0 fully saturated rings. The van der Waals surface area contributed by atoms with Crippen LogP contribution in [0.2, 0.25) is 0 Å². The molecule has 200 valence electrons. The van der Waals surface area contributed by atoms with E-state index in [4.69, 9.17) is 5.73 Å². The number of benzene rings is 2. The summed E-state index contributed by atoms with van der Waals surface area (Å²) in [6, 6.07) is 19.5. The molecule has 0 spiro atoms. The van der Waals surface area contributed by atoms with E-state index in [1.807, 2.05) is 67.6 Å². The van der Waals surface area contributed by atoms with Crippen LogP contribution in [0.1, 0.15) is 40.1 Å². The summed E-state index contributed by atoms with van der Waals surface area (Å²) < 4.78 is 3.71. The highest BCUT2D eigenvalue weighted by molar-refractivity contribution is 9.10. The van der Waals surface area contributed by atoms with Crippen LogP contribution in [0.25, 0.3) is 22.1 Å². The number of aromatic nitrogens is 5. The lowest BCUT2D eigenvalue weighted by Crippen LogP contribution is -2.33. The van der Waals surface area contributed by atoms with E-state index in [0.29, 0.717) is 37.8 Å². The van der Waals surface area contributed by atoms with Crippen LogP contribution in [0.5, 0.6) is 0 Å². The van der Waals surface area contributed by atoms with E-state index in [9.17, 15) is 9.59 Å². The summed E-state index contributed by atoms with van der Waals surface area (Å²) in [6.07, 6.45) is 6.58. The zero-order valence-electron chi connectivity index (χ0n) is 21.7. The molecule has 0 aliphatic rings. The molecule has 6 rings (SSSR count). The van der Waals surface area contributed by atoms with Crippen LogP contribution in [-0.2, 0) is 0 Å². The first-order valence-electron chi connectivity index (χ1n) is 12.7. The molecule has 0 unspecified atom stereocenters. The van der Waals surface area contributed by atoms with Crippen LogP contribution in [0.4, 0.5) is 5.82 Å². The molecule has 4 aromatic heterocycles. The molecule has 6 aromatic rings. The third kappa shape index (κ3) is 4.73. The van der Waals surface area contributed by atoms with Gasteiger partial charge in [0.2, 0.25) is 0 Å². The third-order valence-corrected chi connectivity index (χ3v) is 7.46. The average molecular weight is 604 g/mol. The molecule has 4 heterocycles. The number of nitrogens with two attached hydrogens (primary N) is 1. The molecule has 0 aliphatic heterocycles. The van der Waals surface area contributed by atoms with Crippen molar-refractivity contribution in [3.8, 4) is 17.5 Å². The van der Waals surface area contributed by atoms with Gasteiger partial charge in [-0.15, -0.1) is 5.10 Å². The number of fused-ring (bicyclic) bond motifs is 2. The molecule has 0 aliphatic carbocycles. The molecule has 0 bridgehead atoms. The highest BCUT2D eigenvalue weighted by atomic mass is 79.9. The number of amides is 1. The quantitative estimate of drug-likeness (QED) is 0.283. The van der Waals surface area contributed by atoms with E-state index < -0.39 is 11.9 Å². The topological polar surface area (TPSA) is 120 Å². The number of anilines is 1. The Balaban J connectivity index is 1.52. The SMILES string of the molecule is C[C@H](NC(=O)c1c(N)nn2cccnc12)c1c(Br)c2cccc(C#Cc3ccncc3)c2c(=O)n1-c1ccccc1. The van der Waals surface area contributed by atoms with Gasteiger partial charge < -0.3 is 11.1 Å². The van der Waals surface area contributed by atoms with Gasteiger partial charge in [-0.25, -0.2) is 9.50 Å². The lowest BCUT2D eigenvalue weighted by molar-refractivity contribution is 0.0941. The predicted molar refractivity (Wildman–Crippen MR) is 161 cm³/mol. The van der Waals surface area contributed by atoms with E-state index in [1.165, 1.54) is 4.52 Å². The Morgan fingerprint density at radius 2 is 1.78 bits per heavy atom. The molecule has 1 amide bonds. The summed E-state index contributed by atoms with van der Waals surface area (Å²) >= 11 is 3.77. The molecule has 0 saturated heterocycles. The van der Waals surface area contributed by atoms with Crippen molar-refractivity contribution in [2.75, 3.05) is 5.73 Å². The number of nitrogens with zero attached hydrogens (tertiary/aromatic N) is 5. The fourth-order valence-electron chi connectivity index (χ4n) is 4.78. The largest absolute Gasteiger partial charge is 0.381 e. The highest BCUT2D eigenvalue weighted by Gasteiger charge is 2.26. The normalized spacial score (nSPS) is 11.7. The molecule has 2 aromatic carbocycles. The van der Waals surface area contributed by atoms with Crippen LogP contribution in [0.15, 0.2) is 101 Å². The fourth-order valence-corrected chi connectivity index (χ4v) is 5.63. The standard InChI is InChI=1S/C31H22BrN7O2/c1-19(36-30(40)25-28(33)37-38-18-6-15-35-29(25)38)27-26(32)23-10-5-7-21(12-11-20-13-16-34-17-14-20)24(23)31(41)39(27)22-8-3-2-4-9-22/h2-10,13-19H,1H3,(H2,33,37)(H,36,40)/t19-/m0/s1. The third-order valence-electron chi connectivity index (χ3n) is 6.63. The van der Waals surface area contributed by atoms with Crippen molar-refractivity contribution in [3.05, 3.63) is 129 Å². The van der Waals surface area contributed by atoms with E-state index in [-0.39, 0.29) is 16.9 Å². The Morgan fingerprint density at radius 1 is 1.00 bits per heavy atom. The zero-order chi connectivity index (χ0) is 28.5. The van der Waals surface area contributed by atoms with E-state index in [1.54, 1.807) is 35.4 Å². The summed E-state index contributed by atoms with van der Waals surface area (Å²) in [6.45, 7) is 1.81. The predicted octanol–water partition coefficient (Wildman–Crippen LogP) is 4.66. The first-order valence-corrected chi connectivity index (χ1v) is 13.5. The zero-order valence-corrected chi connectivity index (χ0v) is 23.3. The minimum absolute atomic E-state index is 0.0591. The second kappa shape index (κ2) is 10.7. The number of carbonyl (C=O) groups is 1. The maximum absolute atomic E-state index is 14.3. The van der Waals surface area contributed by atoms with Crippen LogP contribution in [-0.4, -0.2) is 30.1 Å². The summed E-state index contributed by atoms with van der Waals surface area (Å²) in [4.78, 5) is 36.1. The minimum Gasteiger partial charge on any atom is -0.381 e. The Morgan fingerprint density at radius 3 is 2.56 bits per heavy atom. The summed E-state index contributed by atoms with van der Waals surface area (Å²) in [7, 11) is 0. The first kappa shape index (κ1) is 26.0. The fraction of sp³-hybridized carbons (Fsp3) is 0.0645. The highest BCUT2D eigenvalue weighted by Crippen LogP contribution is 2.33. The van der Waals surface area contributed by atoms with Gasteiger partial charge in [-0.1, -0.05) is 42.2 Å². The summed E-state index contributed by atoms with van der Waals surface area (Å²) in [5.74, 6) is 5.88. The summed E-state index contributed by atoms with van der Waals surface area (Å²) in [5.41, 5.74) is 8.91. The maximum Gasteiger partial charge on any atom is 0.264 e. The monoisotopic (exact) mass is 603 g/mol. The number of hydrogen-bond donors (Lipinski definition) is 2. The van der Waals surface area contributed by atoms with E-state index in [2.05, 4.69) is 48.2 Å². The van der Waals surface area contributed by atoms with E-state index >= 15 is 0 Å². The van der Waals surface area contributed by atoms with Crippen LogP contribution in [0, 0.1) is 11.8 Å². The maximum atomic E-state index is 14.3. The number of para-hydroxylation sites is 1. The lowest BCUT2D eigenvalue weighted by atomic mass is 10.0. The molecule has 3 N–H and O–H groups in total. The van der Waals surface area contributed by atoms with Crippen molar-refractivity contribution in [1.82, 2.24) is 29.5 Å². The number of halogens is 1. The van der Waals surface area contributed by atoms with Crippen molar-refractivity contribution in [1.29, 1.82) is 0 Å². The van der Waals surface area contributed by atoms with Gasteiger partial charge in [0.15, 0.2) is 11.5 Å². The molecule has 9 nitrogen and oxygen atoms in total. The van der Waals surface area contributed by atoms with Crippen molar-refractivity contribution >= 4 is 44.1 Å². The number of carbonyl (C=O) groups excluding carboxylic acids is 1. The van der Waals surface area contributed by atoms with Gasteiger partial charge in [-0.3, -0.25) is 19.1 Å². The van der Waals surface area contributed by atoms with Gasteiger partial charge in [0.05, 0.1) is 17.1 Å². The Labute approximate surface area is 242 Å². The van der Waals surface area contributed by atoms with Crippen molar-refractivity contribution in [2.24, 2.45) is 0 Å². The molecular weight excluding hydrogens is 582 g/mol. The van der Waals surface area contributed by atoms with Crippen molar-refractivity contribution < 1.29 is 4.79 Å². The lowest BCUT2D eigenvalue weighted by Gasteiger charge is -2.23. The second-order valence-corrected chi connectivity index (χ2v) is 10.0. The van der Waals surface area contributed by atoms with Crippen LogP contribution in [0.3, 0.4) is 0 Å². The van der Waals surface area contributed by atoms with Gasteiger partial charge in [-0.05, 0) is 59.3 Å². The molecule has 41 heavy (non-hydrogen) atoms. The first-order chi connectivity index (χ1) is 19.9. The van der Waals surface area contributed by atoms with Crippen molar-refractivity contribution in [2.45, 2.75) is 13.0 Å². The van der Waals surface area contributed by atoms with E-state index in [0.717, 1.165) is 5.56 Å². The number of pyridine rings is 2. The smallest absolute Gasteiger partial charge is 0.264 e. The van der Waals surface area contributed by atoms with Gasteiger partial charge >= 0.3 is 0 Å². The van der Waals surface area contributed by atoms with Crippen molar-refractivity contribution in [3.63, 3.8) is 0 Å². The Hall–Kier alpha value is -5.27. The number of nitrogens with one attached hydrogen (secondary N) is 1. The minimum atomic E-state index is -0.626.